The largest absolute Gasteiger partial charge is 0.342 e. The van der Waals surface area contributed by atoms with Gasteiger partial charge in [-0.2, -0.15) is 0 Å². The number of anilines is 1. The van der Waals surface area contributed by atoms with Crippen LogP contribution in [-0.4, -0.2) is 65.1 Å². The van der Waals surface area contributed by atoms with Gasteiger partial charge >= 0.3 is 0 Å². The molecular formula is C32H40ClN5O4. The van der Waals surface area contributed by atoms with E-state index < -0.39 is 23.9 Å². The molecule has 5 rings (SSSR count). The minimum atomic E-state index is -0.886. The van der Waals surface area contributed by atoms with Gasteiger partial charge in [-0.15, -0.1) is 0 Å². The second-order valence-corrected chi connectivity index (χ2v) is 12.4. The van der Waals surface area contributed by atoms with Crippen LogP contribution in [-0.2, 0) is 32.1 Å². The lowest BCUT2D eigenvalue weighted by Crippen LogP contribution is -2.56. The number of halogens is 1. The molecule has 2 aromatic rings. The first-order chi connectivity index (χ1) is 20.2. The Morgan fingerprint density at radius 2 is 1.79 bits per heavy atom. The zero-order chi connectivity index (χ0) is 29.9. The summed E-state index contributed by atoms with van der Waals surface area (Å²) < 4.78 is 0. The third-order valence-corrected chi connectivity index (χ3v) is 9.57. The quantitative estimate of drug-likeness (QED) is 0.410. The molecule has 0 bridgehead atoms. The molecule has 224 valence electrons. The summed E-state index contributed by atoms with van der Waals surface area (Å²) in [6.45, 7) is 3.85. The zero-order valence-corrected chi connectivity index (χ0v) is 24.9. The monoisotopic (exact) mass is 593 g/mol. The van der Waals surface area contributed by atoms with Crippen molar-refractivity contribution in [3.05, 3.63) is 64.2 Å². The zero-order valence-electron chi connectivity index (χ0n) is 24.2. The van der Waals surface area contributed by atoms with Crippen LogP contribution in [0.25, 0.3) is 0 Å². The van der Waals surface area contributed by atoms with Gasteiger partial charge in [0.25, 0.3) is 0 Å². The molecule has 4 N–H and O–H groups in total. The van der Waals surface area contributed by atoms with Crippen LogP contribution in [0.3, 0.4) is 0 Å². The fourth-order valence-corrected chi connectivity index (χ4v) is 6.54. The maximum atomic E-state index is 13.7. The van der Waals surface area contributed by atoms with Gasteiger partial charge in [-0.25, -0.2) is 0 Å². The van der Waals surface area contributed by atoms with Crippen LogP contribution >= 0.6 is 11.6 Å². The van der Waals surface area contributed by atoms with Gasteiger partial charge in [-0.3, -0.25) is 19.2 Å². The number of aryl methyl sites for hydroxylation is 1. The Hall–Kier alpha value is -3.43. The van der Waals surface area contributed by atoms with Gasteiger partial charge in [0.2, 0.25) is 23.6 Å². The number of carbonyl (C=O) groups excluding carboxylic acids is 4. The van der Waals surface area contributed by atoms with Crippen molar-refractivity contribution in [3.8, 4) is 0 Å². The standard InChI is InChI=1S/C32H40ClN5O4/c1-21-17-24(7-8-25(21)33)35-30(41)26(11-15-34)36-31(42)27-18-22-5-2-3-6-23(22)19-38(27)29(40)10-9-28(39)37-16-14-32(20-37)12-4-13-32/h2-3,5-8,17,26-27H,4,9-16,18-20,34H2,1H3,(H,35,41)(H,36,42)/t26-,27-/m0/s1. The van der Waals surface area contributed by atoms with E-state index in [1.54, 1.807) is 23.1 Å². The number of benzene rings is 2. The number of hydrogen-bond donors (Lipinski definition) is 3. The van der Waals surface area contributed by atoms with Crippen LogP contribution < -0.4 is 16.4 Å². The van der Waals surface area contributed by atoms with Crippen LogP contribution in [0.1, 0.15) is 61.6 Å². The van der Waals surface area contributed by atoms with Gasteiger partial charge in [0.15, 0.2) is 0 Å². The summed E-state index contributed by atoms with van der Waals surface area (Å²) in [5, 5.41) is 6.28. The van der Waals surface area contributed by atoms with Crippen LogP contribution in [0, 0.1) is 12.3 Å². The van der Waals surface area contributed by atoms with E-state index in [1.165, 1.54) is 19.3 Å². The lowest BCUT2D eigenvalue weighted by atomic mass is 9.68. The molecule has 1 saturated carbocycles. The van der Waals surface area contributed by atoms with Crippen molar-refractivity contribution in [3.63, 3.8) is 0 Å². The van der Waals surface area contributed by atoms with Gasteiger partial charge in [0.1, 0.15) is 12.1 Å². The van der Waals surface area contributed by atoms with Crippen LogP contribution in [0.15, 0.2) is 42.5 Å². The molecule has 3 aliphatic rings. The average molecular weight is 594 g/mol. The average Bonchev–Trinajstić information content (AvgIpc) is 3.44. The number of rotatable bonds is 9. The van der Waals surface area contributed by atoms with E-state index in [9.17, 15) is 19.2 Å². The molecule has 0 aromatic heterocycles. The Balaban J connectivity index is 1.26. The summed E-state index contributed by atoms with van der Waals surface area (Å²) in [7, 11) is 0. The van der Waals surface area contributed by atoms with Crippen molar-refractivity contribution < 1.29 is 19.2 Å². The first kappa shape index (κ1) is 30.0. The highest BCUT2D eigenvalue weighted by molar-refractivity contribution is 6.31. The predicted octanol–water partition coefficient (Wildman–Crippen LogP) is 3.56. The Labute approximate surface area is 252 Å². The first-order valence-corrected chi connectivity index (χ1v) is 15.3. The van der Waals surface area contributed by atoms with Gasteiger partial charge in [-0.1, -0.05) is 42.3 Å². The number of hydrogen-bond acceptors (Lipinski definition) is 5. The number of nitrogens with two attached hydrogens (primary N) is 1. The fraction of sp³-hybridized carbons (Fsp3) is 0.500. The summed E-state index contributed by atoms with van der Waals surface area (Å²) in [5.74, 6) is -1.06. The molecule has 2 aromatic carbocycles. The minimum absolute atomic E-state index is 0.00246. The van der Waals surface area contributed by atoms with Gasteiger partial charge in [0.05, 0.1) is 0 Å². The van der Waals surface area contributed by atoms with Gasteiger partial charge < -0.3 is 26.2 Å². The van der Waals surface area contributed by atoms with E-state index in [4.69, 9.17) is 17.3 Å². The maximum absolute atomic E-state index is 13.7. The van der Waals surface area contributed by atoms with E-state index in [1.807, 2.05) is 36.1 Å². The SMILES string of the molecule is Cc1cc(NC(=O)[C@H](CCN)NC(=O)[C@@H]2Cc3ccccc3CN2C(=O)CCC(=O)N2CCC3(CCC3)C2)ccc1Cl. The molecule has 4 amide bonds. The highest BCUT2D eigenvalue weighted by atomic mass is 35.5. The Bertz CT molecular complexity index is 1360. The van der Waals surface area contributed by atoms with E-state index in [0.717, 1.165) is 36.2 Å². The summed E-state index contributed by atoms with van der Waals surface area (Å²) in [4.78, 5) is 56.8. The minimum Gasteiger partial charge on any atom is -0.342 e. The van der Waals surface area contributed by atoms with E-state index in [0.29, 0.717) is 22.5 Å². The lowest BCUT2D eigenvalue weighted by Gasteiger charge is -2.38. The van der Waals surface area contributed by atoms with Crippen molar-refractivity contribution in [1.82, 2.24) is 15.1 Å². The molecular weight excluding hydrogens is 554 g/mol. The van der Waals surface area contributed by atoms with Crippen molar-refractivity contribution >= 4 is 40.9 Å². The number of nitrogens with one attached hydrogen (secondary N) is 2. The summed E-state index contributed by atoms with van der Waals surface area (Å²) in [6, 6.07) is 11.2. The number of nitrogens with zero attached hydrogens (tertiary/aromatic N) is 2. The molecule has 2 fully saturated rings. The van der Waals surface area contributed by atoms with Crippen molar-refractivity contribution in [2.24, 2.45) is 11.1 Å². The Morgan fingerprint density at radius 3 is 2.45 bits per heavy atom. The second kappa shape index (κ2) is 12.8. The number of carbonyl (C=O) groups is 4. The molecule has 1 aliphatic carbocycles. The first-order valence-electron chi connectivity index (χ1n) is 14.9. The molecule has 10 heteroatoms. The van der Waals surface area contributed by atoms with E-state index >= 15 is 0 Å². The molecule has 2 atom stereocenters. The lowest BCUT2D eigenvalue weighted by molar-refractivity contribution is -0.144. The summed E-state index contributed by atoms with van der Waals surface area (Å²) in [5.41, 5.74) is 9.44. The highest BCUT2D eigenvalue weighted by Crippen LogP contribution is 2.48. The molecule has 42 heavy (non-hydrogen) atoms. The third kappa shape index (κ3) is 6.63. The Morgan fingerprint density at radius 1 is 1.05 bits per heavy atom. The highest BCUT2D eigenvalue weighted by Gasteiger charge is 2.44. The molecule has 2 aliphatic heterocycles. The van der Waals surface area contributed by atoms with Crippen LogP contribution in [0.4, 0.5) is 5.69 Å². The van der Waals surface area contributed by atoms with Crippen LogP contribution in [0.2, 0.25) is 5.02 Å². The second-order valence-electron chi connectivity index (χ2n) is 12.0. The predicted molar refractivity (Wildman–Crippen MR) is 162 cm³/mol. The molecule has 9 nitrogen and oxygen atoms in total. The molecule has 1 spiro atoms. The normalized spacial score (nSPS) is 19.5. The smallest absolute Gasteiger partial charge is 0.246 e. The van der Waals surface area contributed by atoms with Crippen LogP contribution in [0.5, 0.6) is 0 Å². The van der Waals surface area contributed by atoms with E-state index in [2.05, 4.69) is 10.6 Å². The number of amides is 4. The number of fused-ring (bicyclic) bond motifs is 1. The van der Waals surface area contributed by atoms with Crippen molar-refractivity contribution in [2.75, 3.05) is 25.0 Å². The van der Waals surface area contributed by atoms with Crippen molar-refractivity contribution in [1.29, 1.82) is 0 Å². The van der Waals surface area contributed by atoms with Gasteiger partial charge in [0, 0.05) is 49.6 Å². The Kier molecular flexibility index (Phi) is 9.18. The summed E-state index contributed by atoms with van der Waals surface area (Å²) in [6.07, 6.45) is 5.36. The molecule has 1 saturated heterocycles. The van der Waals surface area contributed by atoms with Crippen molar-refractivity contribution in [2.45, 2.75) is 76.9 Å². The topological polar surface area (TPSA) is 125 Å². The molecule has 0 unspecified atom stereocenters. The van der Waals surface area contributed by atoms with E-state index in [-0.39, 0.29) is 44.2 Å². The fourth-order valence-electron chi connectivity index (χ4n) is 6.42. The number of likely N-dealkylation sites (tertiary alicyclic amines) is 1. The molecule has 0 radical (unpaired) electrons. The molecule has 2 heterocycles. The summed E-state index contributed by atoms with van der Waals surface area (Å²) >= 11 is 6.11. The third-order valence-electron chi connectivity index (χ3n) is 9.14. The van der Waals surface area contributed by atoms with Gasteiger partial charge in [-0.05, 0) is 79.5 Å². The maximum Gasteiger partial charge on any atom is 0.246 e.